The van der Waals surface area contributed by atoms with Gasteiger partial charge in [0.25, 0.3) is 0 Å². The number of likely N-dealkylation sites (tertiary alicyclic amines) is 1. The van der Waals surface area contributed by atoms with Crippen LogP contribution in [0.5, 0.6) is 0 Å². The summed E-state index contributed by atoms with van der Waals surface area (Å²) in [6.07, 6.45) is 8.59. The predicted octanol–water partition coefficient (Wildman–Crippen LogP) is 3.05. The monoisotopic (exact) mass is 343 g/mol. The lowest BCUT2D eigenvalue weighted by atomic mass is 9.95. The van der Waals surface area contributed by atoms with E-state index in [1.54, 1.807) is 0 Å². The third-order valence-corrected chi connectivity index (χ3v) is 5.86. The zero-order chi connectivity index (χ0) is 17.5. The van der Waals surface area contributed by atoms with Gasteiger partial charge < -0.3 is 11.1 Å². The standard InChI is InChI=1S/C21H33N3O/c22-14-19-9-6-10-20(19)21(25)23-15-17-7-5-8-18(13-17)16-24-11-3-1-2-4-12-24/h5,7-8,13,19-20H,1-4,6,9-12,14-16,22H2,(H,23,25)/t19-,20-/m1/s1. The molecule has 1 saturated carbocycles. The highest BCUT2D eigenvalue weighted by molar-refractivity contribution is 5.79. The first-order valence-corrected chi connectivity index (χ1v) is 10.0. The van der Waals surface area contributed by atoms with E-state index in [4.69, 9.17) is 5.73 Å². The maximum absolute atomic E-state index is 12.5. The minimum Gasteiger partial charge on any atom is -0.352 e. The molecule has 4 heteroatoms. The lowest BCUT2D eigenvalue weighted by Gasteiger charge is -2.20. The van der Waals surface area contributed by atoms with Crippen molar-refractivity contribution < 1.29 is 4.79 Å². The molecule has 138 valence electrons. The minimum atomic E-state index is 0.116. The Kier molecular flexibility index (Phi) is 6.88. The van der Waals surface area contributed by atoms with E-state index >= 15 is 0 Å². The molecule has 3 rings (SSSR count). The van der Waals surface area contributed by atoms with E-state index in [2.05, 4.69) is 34.5 Å². The van der Waals surface area contributed by atoms with Gasteiger partial charge in [-0.05, 0) is 62.4 Å². The molecule has 1 aliphatic carbocycles. The maximum atomic E-state index is 12.5. The molecule has 0 aromatic heterocycles. The Morgan fingerprint density at radius 2 is 1.84 bits per heavy atom. The van der Waals surface area contributed by atoms with Crippen molar-refractivity contribution in [2.24, 2.45) is 17.6 Å². The van der Waals surface area contributed by atoms with Gasteiger partial charge in [-0.15, -0.1) is 0 Å². The topological polar surface area (TPSA) is 58.4 Å². The molecular weight excluding hydrogens is 310 g/mol. The molecule has 1 amide bonds. The summed E-state index contributed by atoms with van der Waals surface area (Å²) in [4.78, 5) is 15.0. The van der Waals surface area contributed by atoms with Crippen LogP contribution < -0.4 is 11.1 Å². The molecular formula is C21H33N3O. The van der Waals surface area contributed by atoms with Gasteiger partial charge in [0.15, 0.2) is 0 Å². The third kappa shape index (κ3) is 5.29. The molecule has 0 spiro atoms. The van der Waals surface area contributed by atoms with E-state index in [0.717, 1.165) is 25.8 Å². The highest BCUT2D eigenvalue weighted by Gasteiger charge is 2.31. The fourth-order valence-electron chi connectivity index (χ4n) is 4.37. The first-order chi connectivity index (χ1) is 12.3. The van der Waals surface area contributed by atoms with Crippen LogP contribution in [0.15, 0.2) is 24.3 Å². The Bertz CT molecular complexity index is 552. The number of nitrogens with one attached hydrogen (secondary N) is 1. The largest absolute Gasteiger partial charge is 0.352 e. The Morgan fingerprint density at radius 1 is 1.08 bits per heavy atom. The van der Waals surface area contributed by atoms with Gasteiger partial charge >= 0.3 is 0 Å². The van der Waals surface area contributed by atoms with Crippen LogP contribution in [-0.2, 0) is 17.9 Å². The zero-order valence-electron chi connectivity index (χ0n) is 15.4. The molecule has 2 atom stereocenters. The second-order valence-corrected chi connectivity index (χ2v) is 7.76. The molecule has 1 aromatic carbocycles. The van der Waals surface area contributed by atoms with Crippen molar-refractivity contribution >= 4 is 5.91 Å². The first-order valence-electron chi connectivity index (χ1n) is 10.0. The fraction of sp³-hybridized carbons (Fsp3) is 0.667. The van der Waals surface area contributed by atoms with Gasteiger partial charge in [-0.3, -0.25) is 9.69 Å². The number of rotatable bonds is 6. The van der Waals surface area contributed by atoms with Crippen LogP contribution in [0.2, 0.25) is 0 Å². The van der Waals surface area contributed by atoms with Gasteiger partial charge in [-0.25, -0.2) is 0 Å². The summed E-state index contributed by atoms with van der Waals surface area (Å²) in [5, 5.41) is 3.14. The summed E-state index contributed by atoms with van der Waals surface area (Å²) < 4.78 is 0. The lowest BCUT2D eigenvalue weighted by Crippen LogP contribution is -2.34. The van der Waals surface area contributed by atoms with E-state index in [9.17, 15) is 4.79 Å². The number of carbonyl (C=O) groups is 1. The lowest BCUT2D eigenvalue weighted by molar-refractivity contribution is -0.126. The van der Waals surface area contributed by atoms with Crippen LogP contribution >= 0.6 is 0 Å². The van der Waals surface area contributed by atoms with Crippen molar-refractivity contribution in [3.63, 3.8) is 0 Å². The van der Waals surface area contributed by atoms with E-state index < -0.39 is 0 Å². The Balaban J connectivity index is 1.52. The summed E-state index contributed by atoms with van der Waals surface area (Å²) >= 11 is 0. The second kappa shape index (κ2) is 9.35. The van der Waals surface area contributed by atoms with E-state index in [1.807, 2.05) is 0 Å². The Labute approximate surface area is 152 Å². The zero-order valence-corrected chi connectivity index (χ0v) is 15.4. The summed E-state index contributed by atoms with van der Waals surface area (Å²) in [7, 11) is 0. The van der Waals surface area contributed by atoms with Crippen molar-refractivity contribution in [2.75, 3.05) is 19.6 Å². The molecule has 1 aliphatic heterocycles. The van der Waals surface area contributed by atoms with Crippen LogP contribution in [0, 0.1) is 11.8 Å². The van der Waals surface area contributed by atoms with Crippen molar-refractivity contribution in [1.29, 1.82) is 0 Å². The average Bonchev–Trinajstić information content (AvgIpc) is 2.97. The minimum absolute atomic E-state index is 0.116. The van der Waals surface area contributed by atoms with Crippen molar-refractivity contribution in [3.8, 4) is 0 Å². The van der Waals surface area contributed by atoms with Gasteiger partial charge in [0.05, 0.1) is 0 Å². The molecule has 1 heterocycles. The molecule has 2 aliphatic rings. The van der Waals surface area contributed by atoms with Crippen molar-refractivity contribution in [1.82, 2.24) is 10.2 Å². The van der Waals surface area contributed by atoms with E-state index in [0.29, 0.717) is 19.0 Å². The highest BCUT2D eigenvalue weighted by Crippen LogP contribution is 2.31. The third-order valence-electron chi connectivity index (χ3n) is 5.86. The second-order valence-electron chi connectivity index (χ2n) is 7.76. The van der Waals surface area contributed by atoms with Gasteiger partial charge in [-0.2, -0.15) is 0 Å². The van der Waals surface area contributed by atoms with Crippen molar-refractivity contribution in [3.05, 3.63) is 35.4 Å². The molecule has 1 saturated heterocycles. The summed E-state index contributed by atoms with van der Waals surface area (Å²) in [5.41, 5.74) is 8.36. The molecule has 3 N–H and O–H groups in total. The number of benzene rings is 1. The van der Waals surface area contributed by atoms with Gasteiger partial charge in [-0.1, -0.05) is 43.5 Å². The summed E-state index contributed by atoms with van der Waals surface area (Å²) in [6.45, 7) is 4.70. The molecule has 25 heavy (non-hydrogen) atoms. The molecule has 4 nitrogen and oxygen atoms in total. The normalized spacial score (nSPS) is 24.8. The predicted molar refractivity (Wildman–Crippen MR) is 102 cm³/mol. The summed E-state index contributed by atoms with van der Waals surface area (Å²) in [6, 6.07) is 8.69. The molecule has 2 fully saturated rings. The van der Waals surface area contributed by atoms with Crippen molar-refractivity contribution in [2.45, 2.75) is 58.0 Å². The highest BCUT2D eigenvalue weighted by atomic mass is 16.1. The number of carbonyl (C=O) groups excluding carboxylic acids is 1. The Hall–Kier alpha value is -1.39. The van der Waals surface area contributed by atoms with Crippen LogP contribution in [0.25, 0.3) is 0 Å². The molecule has 0 unspecified atom stereocenters. The number of nitrogens with zero attached hydrogens (tertiary/aromatic N) is 1. The quantitative estimate of drug-likeness (QED) is 0.835. The van der Waals surface area contributed by atoms with Gasteiger partial charge in [0.1, 0.15) is 0 Å². The van der Waals surface area contributed by atoms with Crippen LogP contribution in [0.1, 0.15) is 56.1 Å². The fourth-order valence-corrected chi connectivity index (χ4v) is 4.37. The van der Waals surface area contributed by atoms with Crippen LogP contribution in [0.4, 0.5) is 0 Å². The summed E-state index contributed by atoms with van der Waals surface area (Å²) in [5.74, 6) is 0.672. The smallest absolute Gasteiger partial charge is 0.223 e. The van der Waals surface area contributed by atoms with Gasteiger partial charge in [0, 0.05) is 19.0 Å². The van der Waals surface area contributed by atoms with E-state index in [-0.39, 0.29) is 11.8 Å². The molecule has 1 aromatic rings. The number of amides is 1. The molecule has 0 bridgehead atoms. The van der Waals surface area contributed by atoms with Crippen LogP contribution in [-0.4, -0.2) is 30.4 Å². The molecule has 0 radical (unpaired) electrons. The Morgan fingerprint density at radius 3 is 2.60 bits per heavy atom. The maximum Gasteiger partial charge on any atom is 0.223 e. The van der Waals surface area contributed by atoms with Crippen LogP contribution in [0.3, 0.4) is 0 Å². The number of hydrogen-bond acceptors (Lipinski definition) is 3. The average molecular weight is 344 g/mol. The number of hydrogen-bond donors (Lipinski definition) is 2. The van der Waals surface area contributed by atoms with Gasteiger partial charge in [0.2, 0.25) is 5.91 Å². The SMILES string of the molecule is NC[C@H]1CCC[C@H]1C(=O)NCc1cccc(CN2CCCCCC2)c1. The first kappa shape index (κ1) is 18.4. The van der Waals surface area contributed by atoms with E-state index in [1.165, 1.54) is 49.9 Å². The number of nitrogens with two attached hydrogens (primary N) is 1.